The highest BCUT2D eigenvalue weighted by atomic mass is 16.2. The summed E-state index contributed by atoms with van der Waals surface area (Å²) in [6.07, 6.45) is 13.0. The van der Waals surface area contributed by atoms with Crippen molar-refractivity contribution in [1.82, 2.24) is 5.43 Å². The van der Waals surface area contributed by atoms with E-state index in [0.29, 0.717) is 11.8 Å². The minimum atomic E-state index is -0.690. The van der Waals surface area contributed by atoms with E-state index in [-0.39, 0.29) is 23.4 Å². The maximum absolute atomic E-state index is 12.8. The number of hydrogen-bond acceptors (Lipinski definition) is 4. The number of Topliss-reactive ketones (excluding diaryl/α,β-unsaturated/α-hetero) is 2. The van der Waals surface area contributed by atoms with Crippen LogP contribution in [0.1, 0.15) is 33.1 Å². The highest BCUT2D eigenvalue weighted by molar-refractivity contribution is 6.46. The summed E-state index contributed by atoms with van der Waals surface area (Å²) in [6.45, 7) is 3.67. The van der Waals surface area contributed by atoms with Gasteiger partial charge in [-0.15, -0.1) is 0 Å². The van der Waals surface area contributed by atoms with E-state index in [1.54, 1.807) is 0 Å². The van der Waals surface area contributed by atoms with Crippen molar-refractivity contribution in [2.45, 2.75) is 39.2 Å². The average Bonchev–Trinajstić information content (AvgIpc) is 2.46. The molecule has 3 aliphatic rings. The number of allylic oxidation sites excluding steroid dienone is 6. The van der Waals surface area contributed by atoms with Gasteiger partial charge in [-0.1, -0.05) is 44.2 Å². The van der Waals surface area contributed by atoms with Crippen molar-refractivity contribution in [3.63, 3.8) is 0 Å². The largest absolute Gasteiger partial charge is 0.307 e. The van der Waals surface area contributed by atoms with Crippen LogP contribution in [0, 0.1) is 17.8 Å². The third-order valence-corrected chi connectivity index (χ3v) is 4.60. The summed E-state index contributed by atoms with van der Waals surface area (Å²) in [7, 11) is 0. The minimum absolute atomic E-state index is 0.0322. The zero-order chi connectivity index (χ0) is 15.7. The van der Waals surface area contributed by atoms with Crippen LogP contribution >= 0.6 is 0 Å². The van der Waals surface area contributed by atoms with Crippen molar-refractivity contribution in [1.29, 1.82) is 0 Å². The van der Waals surface area contributed by atoms with Crippen LogP contribution in [0.3, 0.4) is 0 Å². The first-order valence-electron chi connectivity index (χ1n) is 8.05. The first-order chi connectivity index (χ1) is 10.6. The molecule has 0 radical (unpaired) electrons. The number of nitrogens with zero attached hydrogens (tertiary/aromatic N) is 1. The molecule has 4 heteroatoms. The minimum Gasteiger partial charge on any atom is -0.307 e. The van der Waals surface area contributed by atoms with Crippen LogP contribution in [0.25, 0.3) is 0 Å². The summed E-state index contributed by atoms with van der Waals surface area (Å²) in [6, 6.07) is 0.372. The molecule has 0 aromatic heterocycles. The maximum Gasteiger partial charge on any atom is 0.194 e. The fraction of sp³-hybridized carbons (Fsp3) is 0.500. The topological polar surface area (TPSA) is 58.5 Å². The third kappa shape index (κ3) is 2.70. The van der Waals surface area contributed by atoms with Crippen LogP contribution < -0.4 is 5.43 Å². The molecule has 0 aromatic carbocycles. The third-order valence-electron chi connectivity index (χ3n) is 4.60. The van der Waals surface area contributed by atoms with Gasteiger partial charge in [-0.2, -0.15) is 5.10 Å². The smallest absolute Gasteiger partial charge is 0.194 e. The van der Waals surface area contributed by atoms with Gasteiger partial charge in [0.15, 0.2) is 5.78 Å². The van der Waals surface area contributed by atoms with Crippen molar-refractivity contribution in [3.8, 4) is 0 Å². The first-order valence-corrected chi connectivity index (χ1v) is 8.05. The van der Waals surface area contributed by atoms with Gasteiger partial charge in [0.25, 0.3) is 0 Å². The van der Waals surface area contributed by atoms with E-state index in [0.717, 1.165) is 18.4 Å². The number of carbonyl (C=O) groups is 2. The molecule has 4 nitrogen and oxygen atoms in total. The highest BCUT2D eigenvalue weighted by Crippen LogP contribution is 2.30. The predicted octanol–water partition coefficient (Wildman–Crippen LogP) is 2.58. The van der Waals surface area contributed by atoms with E-state index in [1.165, 1.54) is 6.42 Å². The SMILES string of the molecule is CC(C)C(=O)C1C=C2C=CC=CC2/C(=N/NC2CCC2)C1=O. The molecule has 1 N–H and O–H groups in total. The van der Waals surface area contributed by atoms with Crippen LogP contribution in [0.15, 0.2) is 41.1 Å². The quantitative estimate of drug-likeness (QED) is 0.641. The van der Waals surface area contributed by atoms with Crippen molar-refractivity contribution >= 4 is 17.3 Å². The first kappa shape index (κ1) is 14.9. The molecule has 2 atom stereocenters. The van der Waals surface area contributed by atoms with E-state index in [2.05, 4.69) is 10.5 Å². The zero-order valence-corrected chi connectivity index (χ0v) is 13.1. The second kappa shape index (κ2) is 6.03. The van der Waals surface area contributed by atoms with Gasteiger partial charge in [0.05, 0.1) is 0 Å². The fourth-order valence-electron chi connectivity index (χ4n) is 2.94. The summed E-state index contributed by atoms with van der Waals surface area (Å²) >= 11 is 0. The van der Waals surface area contributed by atoms with Gasteiger partial charge in [-0.25, -0.2) is 0 Å². The number of fused-ring (bicyclic) bond motifs is 1. The molecule has 1 saturated carbocycles. The Morgan fingerprint density at radius 3 is 2.73 bits per heavy atom. The lowest BCUT2D eigenvalue weighted by Crippen LogP contribution is -2.42. The second-order valence-electron chi connectivity index (χ2n) is 6.54. The molecule has 3 rings (SSSR count). The fourth-order valence-corrected chi connectivity index (χ4v) is 2.94. The summed E-state index contributed by atoms with van der Waals surface area (Å²) in [4.78, 5) is 25.1. The Kier molecular flexibility index (Phi) is 4.10. The zero-order valence-electron chi connectivity index (χ0n) is 13.1. The molecule has 0 amide bonds. The van der Waals surface area contributed by atoms with Gasteiger partial charge >= 0.3 is 0 Å². The number of ketones is 2. The summed E-state index contributed by atoms with van der Waals surface area (Å²) < 4.78 is 0. The van der Waals surface area contributed by atoms with Gasteiger partial charge in [-0.3, -0.25) is 9.59 Å². The lowest BCUT2D eigenvalue weighted by Gasteiger charge is -2.30. The molecule has 0 heterocycles. The van der Waals surface area contributed by atoms with Crippen LogP contribution in [0.2, 0.25) is 0 Å². The van der Waals surface area contributed by atoms with E-state index in [1.807, 2.05) is 44.2 Å². The van der Waals surface area contributed by atoms with Crippen LogP contribution in [-0.4, -0.2) is 23.3 Å². The Balaban J connectivity index is 1.92. The van der Waals surface area contributed by atoms with Crippen molar-refractivity contribution < 1.29 is 9.59 Å². The van der Waals surface area contributed by atoms with E-state index < -0.39 is 5.92 Å². The van der Waals surface area contributed by atoms with Crippen LogP contribution in [0.4, 0.5) is 0 Å². The molecule has 0 spiro atoms. The highest BCUT2D eigenvalue weighted by Gasteiger charge is 2.38. The maximum atomic E-state index is 12.8. The number of nitrogens with one attached hydrogen (secondary N) is 1. The number of hydrazone groups is 1. The Morgan fingerprint density at radius 2 is 2.09 bits per heavy atom. The average molecular weight is 298 g/mol. The lowest BCUT2D eigenvalue weighted by molar-refractivity contribution is -0.130. The van der Waals surface area contributed by atoms with Gasteiger partial charge in [-0.05, 0) is 24.8 Å². The molecule has 0 bridgehead atoms. The summed E-state index contributed by atoms with van der Waals surface area (Å²) in [5.41, 5.74) is 4.58. The Hall–Kier alpha value is -1.97. The number of rotatable bonds is 4. The van der Waals surface area contributed by atoms with E-state index >= 15 is 0 Å². The Labute approximate surface area is 131 Å². The van der Waals surface area contributed by atoms with Crippen molar-refractivity contribution in [2.75, 3.05) is 0 Å². The second-order valence-corrected chi connectivity index (χ2v) is 6.54. The van der Waals surface area contributed by atoms with Gasteiger partial charge < -0.3 is 5.43 Å². The Bertz CT molecular complexity index is 607. The van der Waals surface area contributed by atoms with Gasteiger partial charge in [0.2, 0.25) is 0 Å². The molecular weight excluding hydrogens is 276 g/mol. The summed E-state index contributed by atoms with van der Waals surface area (Å²) in [5, 5.41) is 4.40. The standard InChI is InChI=1S/C18H22N2O2/c1-11(2)17(21)15-10-12-6-3-4-9-14(12)16(18(15)22)20-19-13-7-5-8-13/h3-4,6,9-11,13-15,19H,5,7-8H2,1-2H3/b20-16-. The van der Waals surface area contributed by atoms with Crippen LogP contribution in [-0.2, 0) is 9.59 Å². The lowest BCUT2D eigenvalue weighted by atomic mass is 9.75. The van der Waals surface area contributed by atoms with E-state index in [9.17, 15) is 9.59 Å². The monoisotopic (exact) mass is 298 g/mol. The molecule has 22 heavy (non-hydrogen) atoms. The van der Waals surface area contributed by atoms with Gasteiger partial charge in [0, 0.05) is 17.9 Å². The van der Waals surface area contributed by atoms with Gasteiger partial charge in [0.1, 0.15) is 17.4 Å². The normalized spacial score (nSPS) is 29.3. The molecular formula is C18H22N2O2. The molecule has 1 fully saturated rings. The number of hydrogen-bond donors (Lipinski definition) is 1. The summed E-state index contributed by atoms with van der Waals surface area (Å²) in [5.74, 6) is -1.16. The molecule has 3 aliphatic carbocycles. The molecule has 116 valence electrons. The number of carbonyl (C=O) groups excluding carboxylic acids is 2. The molecule has 0 aromatic rings. The molecule has 0 saturated heterocycles. The van der Waals surface area contributed by atoms with Crippen molar-refractivity contribution in [3.05, 3.63) is 36.0 Å². The van der Waals surface area contributed by atoms with Crippen molar-refractivity contribution in [2.24, 2.45) is 22.9 Å². The molecule has 2 unspecified atom stereocenters. The molecule has 0 aliphatic heterocycles. The van der Waals surface area contributed by atoms with Crippen LogP contribution in [0.5, 0.6) is 0 Å². The predicted molar refractivity (Wildman–Crippen MR) is 86.4 cm³/mol. The Morgan fingerprint density at radius 1 is 1.32 bits per heavy atom. The van der Waals surface area contributed by atoms with E-state index in [4.69, 9.17) is 0 Å².